The number of nitrogen functional groups attached to an aromatic ring is 2. The van der Waals surface area contributed by atoms with E-state index in [2.05, 4.69) is 130 Å². The number of aliphatic hydroxyl groups excluding tert-OH is 2. The molecule has 129 heavy (non-hydrogen) atoms. The maximum absolute atomic E-state index is 13.0. The summed E-state index contributed by atoms with van der Waals surface area (Å²) in [6.07, 6.45) is 25.7. The molecule has 2 unspecified atom stereocenters. The number of nitrogens with two attached hydrogens (primary N) is 2. The number of nitrogens with zero attached hydrogens (tertiary/aromatic N) is 9. The molecule has 697 valence electrons. The van der Waals surface area contributed by atoms with Crippen molar-refractivity contribution in [3.8, 4) is 17.4 Å². The number of carbonyl (C=O) groups excluding carboxylic acids is 3. The van der Waals surface area contributed by atoms with Crippen LogP contribution in [0.4, 0.5) is 28.4 Å². The Morgan fingerprint density at radius 2 is 1.15 bits per heavy atom. The zero-order valence-electron chi connectivity index (χ0n) is 77.4. The first kappa shape index (κ1) is 126. The maximum Gasteiger partial charge on any atom is 2.00 e. The van der Waals surface area contributed by atoms with Crippen molar-refractivity contribution in [3.63, 3.8) is 0 Å². The fourth-order valence-electron chi connectivity index (χ4n) is 12.7. The molecular formula is C93H135BBrCl3MgN14NaO12SSi2. The number of amides is 2. The van der Waals surface area contributed by atoms with E-state index in [0.717, 1.165) is 96.9 Å². The standard InChI is InChI=1S/C24H24N4O2.C12H9N3O2.C12H17NO.C12H15NO.C12H22NSi2.C8H15NO2.C6H10O2.C3H4N2.C2H7NO.2CH4.B.BrH.Cl2OS.ClH.Mg.Na.2H/c1-16-13-22(28(27-16)21-8-4-6-19(15-21)25-2)24(30)26-20-7-3-5-18(14-20)23(29)12-11-17-9-10-17;1-8-5-11(12(16)17)15(14-8)10-4-2-3-9(6-10)7-13;2*13-11-3-1-2-10(8-11)12(14)7-6-9-4-5-9;1-14(2,3)13(15(4,5)6)12-10-8-7-9-11-12;1-9(11-2)8(10)6-5-7-3-4-7;7-6(8)4-3-5-1-2-5;1-2-5-3-4-1;1-3-4-2;;;;;1-4(2)3;;;;;/h3-8,13-15,17,23,29H,9-12H2,1H3,(H,26,30);2-6H,1H3,(H,16,17);1-3,8-9,12,14H,4-7,13H2;1-3,8-9H,4-7,13H2;7-8,10-11H,1-6H3;7H,3-6H2,1-2H3;5H,1-4H2,(H,7,8);1-3H,(H,4,5);3H,1-2H3;2*1H4;;1H;;1H;;;;/q;;;;-1;;;;;;;;;;;+2;+1;2*-1. The second kappa shape index (κ2) is 66.8. The number of carboxylic acids is 2. The van der Waals surface area contributed by atoms with Crippen molar-refractivity contribution in [1.29, 1.82) is 5.26 Å². The van der Waals surface area contributed by atoms with Crippen LogP contribution in [-0.4, -0.2) is 165 Å². The van der Waals surface area contributed by atoms with Crippen molar-refractivity contribution >= 4 is 166 Å². The first-order valence-electron chi connectivity index (χ1n) is 41.1. The quantitative estimate of drug-likeness (QED) is 0.00549. The van der Waals surface area contributed by atoms with Crippen LogP contribution < -0.4 is 56.1 Å². The molecule has 2 atom stereocenters. The Morgan fingerprint density at radius 3 is 1.57 bits per heavy atom. The summed E-state index contributed by atoms with van der Waals surface area (Å²) in [4.78, 5) is 75.6. The predicted octanol–water partition coefficient (Wildman–Crippen LogP) is 18.5. The number of aromatic nitrogens is 6. The monoisotopic (exact) mass is 1970 g/mol. The molecule has 11 N–H and O–H groups in total. The largest absolute Gasteiger partial charge is 2.00 e. The van der Waals surface area contributed by atoms with Gasteiger partial charge in [0.1, 0.15) is 22.2 Å². The van der Waals surface area contributed by atoms with Gasteiger partial charge in [-0.15, -0.1) is 29.4 Å². The molecule has 0 spiro atoms. The van der Waals surface area contributed by atoms with Gasteiger partial charge in [0.2, 0.25) is 15.1 Å². The second-order valence-corrected chi connectivity index (χ2v) is 44.9. The van der Waals surface area contributed by atoms with Crippen LogP contribution in [0.15, 0.2) is 176 Å². The number of aliphatic carboxylic acids is 1. The number of carboxylic acid groups (broad SMARTS) is 2. The third-order valence-electron chi connectivity index (χ3n) is 19.6. The van der Waals surface area contributed by atoms with Crippen LogP contribution in [0.5, 0.6) is 0 Å². The normalized spacial score (nSPS) is 13.1. The van der Waals surface area contributed by atoms with Crippen molar-refractivity contribution in [2.75, 3.05) is 49.3 Å². The molecule has 0 aliphatic heterocycles. The minimum absolute atomic E-state index is 0. The summed E-state index contributed by atoms with van der Waals surface area (Å²) in [5.41, 5.74) is 23.6. The molecular weight excluding hydrogens is 1840 g/mol. The molecule has 3 aromatic heterocycles. The van der Waals surface area contributed by atoms with Gasteiger partial charge in [0.15, 0.2) is 17.2 Å². The van der Waals surface area contributed by atoms with E-state index in [-0.39, 0.29) is 138 Å². The van der Waals surface area contributed by atoms with Gasteiger partial charge in [-0.1, -0.05) is 179 Å². The van der Waals surface area contributed by atoms with Crippen LogP contribution in [0.1, 0.15) is 218 Å². The van der Waals surface area contributed by atoms with Crippen molar-refractivity contribution in [1.82, 2.24) is 40.1 Å². The number of carbonyl (C=O) groups is 5. The number of aryl methyl sites for hydroxylation is 2. The number of benzene rings is 6. The van der Waals surface area contributed by atoms with Gasteiger partial charge in [-0.2, -0.15) is 45.8 Å². The SMILES string of the molecule is Br.C.C.CNOC.CON(C)C(=O)CCC1CC1.C[Si](C)(C)N(c1c[c-]ccc1)[Si](C)(C)C.Cc1cc(C(=O)O)n(-c2cccc(C#N)c2)n1.Cl.Nc1cccc(C(=O)CCC2CC2)c1.Nc1cccc(C(O)CCC2CC2)c1.O=C(O)CCC1CC1.O=S(Cl)Cl.[B].[C-]#[N+]c1cccc(-n2nc(C)cc2C(=O)Nc2cccc(C(O)CCC3CC3)c2)c1.[H-].[H-].[Mg+2].[Na+].c1c[nH]cn1. The molecule has 14 rings (SSSR count). The number of anilines is 4. The molecule has 3 radical (unpaired) electrons. The zero-order chi connectivity index (χ0) is 89.9. The molecule has 5 aliphatic carbocycles. The third kappa shape index (κ3) is 53.1. The van der Waals surface area contributed by atoms with E-state index in [1.165, 1.54) is 92.8 Å². The fourth-order valence-corrected chi connectivity index (χ4v) is 22.5. The summed E-state index contributed by atoms with van der Waals surface area (Å²) >= 11 is 0. The first-order chi connectivity index (χ1) is 58.0. The van der Waals surface area contributed by atoms with Crippen LogP contribution in [0.2, 0.25) is 39.3 Å². The van der Waals surface area contributed by atoms with Crippen LogP contribution in [0, 0.1) is 67.4 Å². The van der Waals surface area contributed by atoms with Crippen molar-refractivity contribution < 1.29 is 90.7 Å². The molecule has 26 nitrogen and oxygen atoms in total. The van der Waals surface area contributed by atoms with Gasteiger partial charge in [0, 0.05) is 98.2 Å². The number of nitrogens with one attached hydrogen (secondary N) is 3. The molecule has 36 heteroatoms. The molecule has 2 amide bonds. The van der Waals surface area contributed by atoms with E-state index in [1.54, 1.807) is 112 Å². The molecule has 3 heterocycles. The third-order valence-corrected chi connectivity index (χ3v) is 26.8. The van der Waals surface area contributed by atoms with Gasteiger partial charge in [0.05, 0.1) is 73.7 Å². The van der Waals surface area contributed by atoms with E-state index in [0.29, 0.717) is 70.3 Å². The Hall–Kier alpha value is -7.56. The molecule has 5 fully saturated rings. The number of hydrogen-bond acceptors (Lipinski definition) is 18. The van der Waals surface area contributed by atoms with Crippen LogP contribution >= 0.6 is 50.8 Å². The van der Waals surface area contributed by atoms with E-state index >= 15 is 0 Å². The van der Waals surface area contributed by atoms with Crippen molar-refractivity contribution in [2.45, 2.75) is 209 Å². The minimum atomic E-state index is -1.67. The zero-order valence-corrected chi connectivity index (χ0v) is 85.7. The second-order valence-electron chi connectivity index (χ2n) is 32.3. The Balaban J connectivity index is -0.000000468. The molecule has 9 aromatic rings. The first-order valence-corrected chi connectivity index (χ1v) is 50.8. The van der Waals surface area contributed by atoms with Gasteiger partial charge in [-0.25, -0.2) is 38.7 Å². The van der Waals surface area contributed by atoms with E-state index in [4.69, 9.17) is 42.6 Å². The summed E-state index contributed by atoms with van der Waals surface area (Å²) in [6, 6.07) is 52.6. The maximum atomic E-state index is 13.0. The van der Waals surface area contributed by atoms with Gasteiger partial charge >= 0.3 is 64.5 Å². The van der Waals surface area contributed by atoms with Gasteiger partial charge in [-0.05, 0) is 178 Å². The van der Waals surface area contributed by atoms with Gasteiger partial charge in [0.25, 0.3) is 5.91 Å². The number of hydroxylamine groups is 3. The molecule has 6 aromatic carbocycles. The van der Waals surface area contributed by atoms with E-state index < -0.39 is 43.7 Å². The van der Waals surface area contributed by atoms with E-state index in [9.17, 15) is 34.2 Å². The molecule has 5 aliphatic rings. The number of Topliss-reactive ketones (excluding diaryl/α,β-unsaturated/α-hetero) is 1. The Labute approximate surface area is 838 Å². The van der Waals surface area contributed by atoms with Crippen LogP contribution in [0.3, 0.4) is 0 Å². The number of hydrogen-bond donors (Lipinski definition) is 9. The number of ketones is 1. The number of aromatic amines is 1. The Kier molecular flexibility index (Phi) is 65.0. The van der Waals surface area contributed by atoms with E-state index in [1.807, 2.05) is 85.8 Å². The number of aliphatic hydroxyl groups is 2. The van der Waals surface area contributed by atoms with Crippen LogP contribution in [-0.2, 0) is 28.5 Å². The smallest absolute Gasteiger partial charge is 1.00 e. The van der Waals surface area contributed by atoms with Crippen LogP contribution in [0.25, 0.3) is 16.2 Å². The molecule has 5 saturated carbocycles. The van der Waals surface area contributed by atoms with Gasteiger partial charge in [-0.3, -0.25) is 24.0 Å². The average Bonchev–Trinajstić information content (AvgIpc) is 1.31. The van der Waals surface area contributed by atoms with Crippen molar-refractivity contribution in [3.05, 3.63) is 239 Å². The summed E-state index contributed by atoms with van der Waals surface area (Å²) in [6.45, 7) is 25.2. The predicted molar refractivity (Wildman–Crippen MR) is 536 cm³/mol. The summed E-state index contributed by atoms with van der Waals surface area (Å²) in [5.74, 6) is 2.36. The number of aromatic carboxylic acids is 1. The Bertz CT molecular complexity index is 4780. The number of halogens is 4. The summed E-state index contributed by atoms with van der Waals surface area (Å²) in [5, 5.41) is 59.1. The van der Waals surface area contributed by atoms with Gasteiger partial charge < -0.3 is 54.1 Å². The molecule has 0 saturated heterocycles. The minimum Gasteiger partial charge on any atom is -1.00 e. The molecule has 0 bridgehead atoms. The van der Waals surface area contributed by atoms with Crippen molar-refractivity contribution in [2.24, 2.45) is 29.6 Å². The number of nitriles is 1. The Morgan fingerprint density at radius 1 is 0.690 bits per heavy atom. The average molecular weight is 1970 g/mol. The number of rotatable bonds is 28. The number of H-pyrrole nitrogens is 1. The fraction of sp³-hybridized carbons (Fsp3) is 0.441. The number of imidazole rings is 1. The topological polar surface area (TPSA) is 377 Å². The summed E-state index contributed by atoms with van der Waals surface area (Å²) < 4.78 is 14.7. The summed E-state index contributed by atoms with van der Waals surface area (Å²) in [7, 11) is 11.2.